The Kier molecular flexibility index (Phi) is 3.47. The van der Waals surface area contributed by atoms with E-state index in [-0.39, 0.29) is 0 Å². The highest BCUT2D eigenvalue weighted by atomic mass is 16.5. The number of carbonyl (C=O) groups is 1. The third kappa shape index (κ3) is 2.12. The summed E-state index contributed by atoms with van der Waals surface area (Å²) in [4.78, 5) is 10.9. The molecule has 17 heavy (non-hydrogen) atoms. The zero-order valence-electron chi connectivity index (χ0n) is 10.7. The number of nitrogens with zero attached hydrogens (tertiary/aromatic N) is 2. The van der Waals surface area contributed by atoms with Crippen molar-refractivity contribution in [2.24, 2.45) is 7.05 Å². The molecule has 0 spiro atoms. The Labute approximate surface area is 99.8 Å². The average Bonchev–Trinajstić information content (AvgIpc) is 2.51. The van der Waals surface area contributed by atoms with E-state index < -0.39 is 17.5 Å². The van der Waals surface area contributed by atoms with Gasteiger partial charge in [0.15, 0.2) is 6.10 Å². The molecule has 96 valence electrons. The Morgan fingerprint density at radius 1 is 1.53 bits per heavy atom. The van der Waals surface area contributed by atoms with E-state index in [1.165, 1.54) is 11.8 Å². The average molecular weight is 242 g/mol. The first-order valence-electron chi connectivity index (χ1n) is 5.22. The molecular formula is C11H18N2O4. The summed E-state index contributed by atoms with van der Waals surface area (Å²) in [7, 11) is 3.20. The van der Waals surface area contributed by atoms with E-state index in [9.17, 15) is 9.90 Å². The van der Waals surface area contributed by atoms with Gasteiger partial charge in [0.2, 0.25) is 5.88 Å². The summed E-state index contributed by atoms with van der Waals surface area (Å²) in [5.74, 6) is -0.798. The normalized spacial score (nSPS) is 13.5. The molecule has 0 aliphatic carbocycles. The first-order chi connectivity index (χ1) is 7.73. The largest absolute Gasteiger partial charge is 0.481 e. The highest BCUT2D eigenvalue weighted by Crippen LogP contribution is 2.36. The SMILES string of the molecule is COc1c(C(C)(C)C(O)C(=O)O)c(C)nn1C. The van der Waals surface area contributed by atoms with Gasteiger partial charge in [-0.05, 0) is 6.92 Å². The second-order valence-electron chi connectivity index (χ2n) is 4.56. The zero-order chi connectivity index (χ0) is 13.4. The fourth-order valence-corrected chi connectivity index (χ4v) is 2.06. The predicted octanol–water partition coefficient (Wildman–Crippen LogP) is 0.460. The number of aliphatic hydroxyl groups excluding tert-OH is 1. The number of hydrogen-bond donors (Lipinski definition) is 2. The molecule has 0 bridgehead atoms. The van der Waals surface area contributed by atoms with Crippen molar-refractivity contribution in [2.75, 3.05) is 7.11 Å². The molecule has 6 heteroatoms. The smallest absolute Gasteiger partial charge is 0.333 e. The molecule has 0 saturated carbocycles. The van der Waals surface area contributed by atoms with E-state index in [0.717, 1.165) is 0 Å². The highest BCUT2D eigenvalue weighted by Gasteiger charge is 2.40. The van der Waals surface area contributed by atoms with Crippen LogP contribution in [0.15, 0.2) is 0 Å². The summed E-state index contributed by atoms with van der Waals surface area (Å²) >= 11 is 0. The second kappa shape index (κ2) is 4.37. The van der Waals surface area contributed by atoms with E-state index in [1.54, 1.807) is 27.8 Å². The van der Waals surface area contributed by atoms with Crippen LogP contribution in [0.2, 0.25) is 0 Å². The molecule has 6 nitrogen and oxygen atoms in total. The highest BCUT2D eigenvalue weighted by molar-refractivity contribution is 5.74. The van der Waals surface area contributed by atoms with Crippen LogP contribution in [0.25, 0.3) is 0 Å². The minimum absolute atomic E-state index is 0.466. The Bertz CT molecular complexity index is 437. The molecule has 0 saturated heterocycles. The lowest BCUT2D eigenvalue weighted by atomic mass is 9.79. The monoisotopic (exact) mass is 242 g/mol. The molecule has 1 atom stereocenters. The summed E-state index contributed by atoms with van der Waals surface area (Å²) in [5, 5.41) is 22.9. The number of rotatable bonds is 4. The summed E-state index contributed by atoms with van der Waals surface area (Å²) < 4.78 is 6.74. The molecule has 0 aliphatic rings. The number of ether oxygens (including phenoxy) is 1. The van der Waals surface area contributed by atoms with Crippen LogP contribution >= 0.6 is 0 Å². The molecule has 1 heterocycles. The van der Waals surface area contributed by atoms with Crippen molar-refractivity contribution in [3.05, 3.63) is 11.3 Å². The molecular weight excluding hydrogens is 224 g/mol. The topological polar surface area (TPSA) is 84.6 Å². The zero-order valence-corrected chi connectivity index (χ0v) is 10.7. The Morgan fingerprint density at radius 2 is 2.06 bits per heavy atom. The minimum Gasteiger partial charge on any atom is -0.481 e. The van der Waals surface area contributed by atoms with Gasteiger partial charge in [-0.15, -0.1) is 0 Å². The quantitative estimate of drug-likeness (QED) is 0.801. The molecule has 2 N–H and O–H groups in total. The number of aliphatic carboxylic acids is 1. The van der Waals surface area contributed by atoms with Crippen LogP contribution in [-0.2, 0) is 17.3 Å². The van der Waals surface area contributed by atoms with Crippen LogP contribution in [0, 0.1) is 6.92 Å². The predicted molar refractivity (Wildman–Crippen MR) is 61.2 cm³/mol. The number of aromatic nitrogens is 2. The van der Waals surface area contributed by atoms with E-state index >= 15 is 0 Å². The molecule has 1 aromatic rings. The Balaban J connectivity index is 3.36. The standard InChI is InChI=1S/C11H18N2O4/c1-6-7(9(17-5)13(4)12-6)11(2,3)8(14)10(15)16/h8,14H,1-5H3,(H,15,16). The number of carboxylic acids is 1. The number of aryl methyl sites for hydroxylation is 2. The van der Waals surface area contributed by atoms with Gasteiger partial charge in [-0.2, -0.15) is 5.10 Å². The van der Waals surface area contributed by atoms with Gasteiger partial charge in [-0.1, -0.05) is 13.8 Å². The maximum Gasteiger partial charge on any atom is 0.333 e. The van der Waals surface area contributed by atoms with Crippen LogP contribution in [0.3, 0.4) is 0 Å². The Morgan fingerprint density at radius 3 is 2.47 bits per heavy atom. The van der Waals surface area contributed by atoms with Gasteiger partial charge in [0.1, 0.15) is 0 Å². The third-order valence-electron chi connectivity index (χ3n) is 2.92. The van der Waals surface area contributed by atoms with Gasteiger partial charge in [-0.3, -0.25) is 0 Å². The van der Waals surface area contributed by atoms with Crippen LogP contribution < -0.4 is 4.74 Å². The van der Waals surface area contributed by atoms with Crippen molar-refractivity contribution < 1.29 is 19.7 Å². The number of hydrogen-bond acceptors (Lipinski definition) is 4. The third-order valence-corrected chi connectivity index (χ3v) is 2.92. The van der Waals surface area contributed by atoms with Crippen LogP contribution in [0.5, 0.6) is 5.88 Å². The molecule has 1 rings (SSSR count). The maximum atomic E-state index is 10.9. The van der Waals surface area contributed by atoms with E-state index in [2.05, 4.69) is 5.10 Å². The lowest BCUT2D eigenvalue weighted by molar-refractivity contribution is -0.150. The van der Waals surface area contributed by atoms with Gasteiger partial charge in [0.25, 0.3) is 0 Å². The van der Waals surface area contributed by atoms with Gasteiger partial charge in [-0.25, -0.2) is 9.48 Å². The molecule has 0 radical (unpaired) electrons. The maximum absolute atomic E-state index is 10.9. The van der Waals surface area contributed by atoms with Crippen molar-refractivity contribution in [3.63, 3.8) is 0 Å². The van der Waals surface area contributed by atoms with Gasteiger partial charge in [0.05, 0.1) is 12.8 Å². The summed E-state index contributed by atoms with van der Waals surface area (Å²) in [5.41, 5.74) is 0.280. The summed E-state index contributed by atoms with van der Waals surface area (Å²) in [6.45, 7) is 5.06. The molecule has 0 aromatic carbocycles. The van der Waals surface area contributed by atoms with Gasteiger partial charge >= 0.3 is 5.97 Å². The fourth-order valence-electron chi connectivity index (χ4n) is 2.06. The first kappa shape index (κ1) is 13.5. The molecule has 1 aromatic heterocycles. The molecule has 0 fully saturated rings. The van der Waals surface area contributed by atoms with E-state index in [0.29, 0.717) is 17.1 Å². The van der Waals surface area contributed by atoms with Gasteiger partial charge in [0, 0.05) is 18.0 Å². The lowest BCUT2D eigenvalue weighted by Gasteiger charge is -2.28. The van der Waals surface area contributed by atoms with Crippen LogP contribution in [0.4, 0.5) is 0 Å². The van der Waals surface area contributed by atoms with Crippen molar-refractivity contribution in [3.8, 4) is 5.88 Å². The van der Waals surface area contributed by atoms with E-state index in [4.69, 9.17) is 9.84 Å². The van der Waals surface area contributed by atoms with Crippen LogP contribution in [-0.4, -0.2) is 39.2 Å². The summed E-state index contributed by atoms with van der Waals surface area (Å²) in [6, 6.07) is 0. The number of aliphatic hydroxyl groups is 1. The molecule has 0 aliphatic heterocycles. The number of carboxylic acid groups (broad SMARTS) is 1. The fraction of sp³-hybridized carbons (Fsp3) is 0.636. The van der Waals surface area contributed by atoms with Gasteiger partial charge < -0.3 is 14.9 Å². The second-order valence-corrected chi connectivity index (χ2v) is 4.56. The molecule has 0 amide bonds. The first-order valence-corrected chi connectivity index (χ1v) is 5.22. The van der Waals surface area contributed by atoms with E-state index in [1.807, 2.05) is 0 Å². The number of methoxy groups -OCH3 is 1. The van der Waals surface area contributed by atoms with Crippen molar-refractivity contribution >= 4 is 5.97 Å². The van der Waals surface area contributed by atoms with Crippen LogP contribution in [0.1, 0.15) is 25.1 Å². The van der Waals surface area contributed by atoms with Crippen molar-refractivity contribution in [1.82, 2.24) is 9.78 Å². The molecule has 1 unspecified atom stereocenters. The van der Waals surface area contributed by atoms with Crippen molar-refractivity contribution in [1.29, 1.82) is 0 Å². The Hall–Kier alpha value is -1.56. The lowest BCUT2D eigenvalue weighted by Crippen LogP contribution is -2.40. The van der Waals surface area contributed by atoms with Crippen molar-refractivity contribution in [2.45, 2.75) is 32.3 Å². The summed E-state index contributed by atoms with van der Waals surface area (Å²) in [6.07, 6.45) is -1.51. The minimum atomic E-state index is -1.51.